The van der Waals surface area contributed by atoms with Crippen molar-refractivity contribution in [3.63, 3.8) is 0 Å². The number of azide groups is 1. The van der Waals surface area contributed by atoms with Crippen LogP contribution in [0.15, 0.2) is 41.8 Å². The number of nitrogen functional groups attached to an aromatic ring is 1. The molecule has 6 atom stereocenters. The molecule has 18 heteroatoms. The molecule has 4 heterocycles. The molecule has 0 spiro atoms. The molecule has 1 aromatic carbocycles. The van der Waals surface area contributed by atoms with Gasteiger partial charge in [-0.15, -0.1) is 0 Å². The van der Waals surface area contributed by atoms with Gasteiger partial charge in [0.1, 0.15) is 23.4 Å². The standard InChI is InChI=1S/C26H35N10O7P/c1-15(2)41-23(38)16(3)32-44(39,43-17-9-6-5-7-10-17)40-13-18-20(37)26(4,33-34-28)24(42-18)36-14-29-19-21(35-11-8-12-35)30-25(27)31-22(19)36/h5-7,9-10,14-16,18,20,24,37H,8,11-13H2,1-4H3,(H,32,39)(H2,27,30,31)/t16-,18+,20+,24+,26+,44?/m0/s1. The zero-order valence-corrected chi connectivity index (χ0v) is 25.6. The number of aliphatic hydroxyl groups excluding tert-OH is 1. The fourth-order valence-corrected chi connectivity index (χ4v) is 6.43. The van der Waals surface area contributed by atoms with Gasteiger partial charge in [-0.25, -0.2) is 9.55 Å². The molecule has 0 bridgehead atoms. The van der Waals surface area contributed by atoms with Crippen molar-refractivity contribution in [3.05, 3.63) is 47.1 Å². The van der Waals surface area contributed by atoms with Gasteiger partial charge in [0.2, 0.25) is 5.95 Å². The summed E-state index contributed by atoms with van der Waals surface area (Å²) < 4.78 is 38.3. The number of nitrogens with zero attached hydrogens (tertiary/aromatic N) is 8. The van der Waals surface area contributed by atoms with E-state index in [2.05, 4.69) is 30.1 Å². The molecule has 236 valence electrons. The lowest BCUT2D eigenvalue weighted by atomic mass is 9.93. The van der Waals surface area contributed by atoms with Crippen molar-refractivity contribution in [1.29, 1.82) is 0 Å². The number of anilines is 2. The van der Waals surface area contributed by atoms with E-state index >= 15 is 0 Å². The predicted octanol–water partition coefficient (Wildman–Crippen LogP) is 3.08. The molecular weight excluding hydrogens is 595 g/mol. The highest BCUT2D eigenvalue weighted by Gasteiger charge is 2.55. The van der Waals surface area contributed by atoms with Crippen LogP contribution in [0.3, 0.4) is 0 Å². The Bertz CT molecular complexity index is 1600. The molecule has 2 aliphatic heterocycles. The molecular formula is C26H35N10O7P. The van der Waals surface area contributed by atoms with Crippen LogP contribution in [-0.4, -0.2) is 80.2 Å². The second kappa shape index (κ2) is 12.6. The molecule has 0 amide bonds. The van der Waals surface area contributed by atoms with E-state index < -0.39 is 56.4 Å². The van der Waals surface area contributed by atoms with Crippen LogP contribution in [-0.2, 0) is 23.4 Å². The van der Waals surface area contributed by atoms with Crippen LogP contribution >= 0.6 is 7.75 Å². The molecule has 0 saturated carbocycles. The number of rotatable bonds is 12. The van der Waals surface area contributed by atoms with Crippen LogP contribution < -0.4 is 20.2 Å². The number of esters is 1. The zero-order chi connectivity index (χ0) is 31.6. The van der Waals surface area contributed by atoms with Gasteiger partial charge in [0, 0.05) is 18.0 Å². The second-order valence-corrected chi connectivity index (χ2v) is 12.7. The zero-order valence-electron chi connectivity index (χ0n) is 24.7. The van der Waals surface area contributed by atoms with E-state index in [0.29, 0.717) is 17.0 Å². The first-order valence-corrected chi connectivity index (χ1v) is 15.6. The Balaban J connectivity index is 1.42. The minimum absolute atomic E-state index is 0.0141. The Morgan fingerprint density at radius 1 is 1.32 bits per heavy atom. The first-order chi connectivity index (χ1) is 20.9. The van der Waals surface area contributed by atoms with E-state index in [4.69, 9.17) is 24.3 Å². The van der Waals surface area contributed by atoms with Crippen LogP contribution in [0.5, 0.6) is 5.75 Å². The summed E-state index contributed by atoms with van der Waals surface area (Å²) in [5.74, 6) is 0.119. The van der Waals surface area contributed by atoms with E-state index in [1.807, 2.05) is 4.90 Å². The maximum absolute atomic E-state index is 14.0. The molecule has 5 rings (SSSR count). The number of benzene rings is 1. The Morgan fingerprint density at radius 3 is 2.68 bits per heavy atom. The number of carbonyl (C=O) groups is 1. The van der Waals surface area contributed by atoms with Gasteiger partial charge in [-0.05, 0) is 51.8 Å². The van der Waals surface area contributed by atoms with Gasteiger partial charge >= 0.3 is 13.7 Å². The third kappa shape index (κ3) is 6.29. The molecule has 2 aromatic heterocycles. The van der Waals surface area contributed by atoms with E-state index in [1.54, 1.807) is 44.2 Å². The predicted molar refractivity (Wildman–Crippen MR) is 158 cm³/mol. The highest BCUT2D eigenvalue weighted by Crippen LogP contribution is 2.48. The number of imidazole rings is 1. The normalized spacial score (nSPS) is 25.2. The van der Waals surface area contributed by atoms with E-state index in [1.165, 1.54) is 24.7 Å². The summed E-state index contributed by atoms with van der Waals surface area (Å²) in [5, 5.41) is 17.9. The van der Waals surface area contributed by atoms with Crippen molar-refractivity contribution in [3.8, 4) is 5.75 Å². The van der Waals surface area contributed by atoms with Crippen LogP contribution in [0.25, 0.3) is 21.6 Å². The number of nitrogens with one attached hydrogen (secondary N) is 1. The van der Waals surface area contributed by atoms with Gasteiger partial charge in [0.15, 0.2) is 23.2 Å². The summed E-state index contributed by atoms with van der Waals surface area (Å²) in [4.78, 5) is 30.6. The largest absolute Gasteiger partial charge is 0.462 e. The Labute approximate surface area is 252 Å². The summed E-state index contributed by atoms with van der Waals surface area (Å²) in [6.07, 6.45) is -1.68. The van der Waals surface area contributed by atoms with Crippen LogP contribution in [0.4, 0.5) is 11.8 Å². The maximum Gasteiger partial charge on any atom is 0.459 e. The lowest BCUT2D eigenvalue weighted by Crippen LogP contribution is -2.43. The van der Waals surface area contributed by atoms with Crippen LogP contribution in [0, 0.1) is 0 Å². The van der Waals surface area contributed by atoms with E-state index in [9.17, 15) is 20.0 Å². The van der Waals surface area contributed by atoms with Gasteiger partial charge in [-0.1, -0.05) is 23.3 Å². The SMILES string of the molecule is CC(C)OC(=O)[C@H](C)NP(=O)(OC[C@H]1O[C@@H](n2cnc3c(N4CCC4)nc(N)nc32)[C@](C)(N=[N+]=[N-])[C@@H]1O)Oc1ccccc1. The monoisotopic (exact) mass is 630 g/mol. The van der Waals surface area contributed by atoms with Crippen molar-refractivity contribution < 1.29 is 33.0 Å². The molecule has 0 aliphatic carbocycles. The quantitative estimate of drug-likeness (QED) is 0.0861. The lowest BCUT2D eigenvalue weighted by molar-refractivity contribution is -0.149. The second-order valence-electron chi connectivity index (χ2n) is 11.0. The van der Waals surface area contributed by atoms with Crippen molar-refractivity contribution in [2.75, 3.05) is 30.3 Å². The third-order valence-electron chi connectivity index (χ3n) is 7.28. The number of aromatic nitrogens is 4. The van der Waals surface area contributed by atoms with Gasteiger partial charge in [0.05, 0.1) is 25.1 Å². The van der Waals surface area contributed by atoms with Crippen molar-refractivity contribution in [1.82, 2.24) is 24.6 Å². The molecule has 3 aromatic rings. The van der Waals surface area contributed by atoms with E-state index in [-0.39, 0.29) is 11.7 Å². The fraction of sp³-hybridized carbons (Fsp3) is 0.538. The van der Waals surface area contributed by atoms with Crippen LogP contribution in [0.2, 0.25) is 0 Å². The number of hydrogen-bond donors (Lipinski definition) is 3. The highest BCUT2D eigenvalue weighted by molar-refractivity contribution is 7.52. The molecule has 2 aliphatic rings. The molecule has 44 heavy (non-hydrogen) atoms. The summed E-state index contributed by atoms with van der Waals surface area (Å²) in [5.41, 5.74) is 14.7. The first-order valence-electron chi connectivity index (χ1n) is 14.1. The average molecular weight is 631 g/mol. The average Bonchev–Trinajstić information content (AvgIpc) is 3.45. The molecule has 2 saturated heterocycles. The van der Waals surface area contributed by atoms with Crippen LogP contribution in [0.1, 0.15) is 40.3 Å². The lowest BCUT2D eigenvalue weighted by Gasteiger charge is -2.32. The number of carbonyl (C=O) groups excluding carboxylic acids is 1. The molecule has 17 nitrogen and oxygen atoms in total. The number of hydrogen-bond acceptors (Lipinski definition) is 13. The summed E-state index contributed by atoms with van der Waals surface area (Å²) in [6.45, 7) is 7.44. The summed E-state index contributed by atoms with van der Waals surface area (Å²) in [7, 11) is -4.28. The maximum atomic E-state index is 14.0. The van der Waals surface area contributed by atoms with Gasteiger partial charge in [0.25, 0.3) is 0 Å². The summed E-state index contributed by atoms with van der Waals surface area (Å²) in [6, 6.07) is 7.15. The molecule has 0 radical (unpaired) electrons. The van der Waals surface area contributed by atoms with Gasteiger partial charge in [-0.2, -0.15) is 15.1 Å². The smallest absolute Gasteiger partial charge is 0.459 e. The number of para-hydroxylation sites is 1. The molecule has 2 fully saturated rings. The number of nitrogens with two attached hydrogens (primary N) is 1. The number of ether oxygens (including phenoxy) is 2. The van der Waals surface area contributed by atoms with E-state index in [0.717, 1.165) is 19.5 Å². The Morgan fingerprint density at radius 2 is 2.05 bits per heavy atom. The van der Waals surface area contributed by atoms with Crippen molar-refractivity contribution in [2.45, 2.75) is 70.2 Å². The number of aliphatic hydroxyl groups is 1. The topological polar surface area (TPSA) is 225 Å². The minimum atomic E-state index is -4.28. The fourth-order valence-electron chi connectivity index (χ4n) is 4.93. The van der Waals surface area contributed by atoms with Crippen molar-refractivity contribution in [2.24, 2.45) is 5.11 Å². The Kier molecular flexibility index (Phi) is 8.97. The van der Waals surface area contributed by atoms with Gasteiger partial charge in [-0.3, -0.25) is 13.9 Å². The van der Waals surface area contributed by atoms with Gasteiger partial charge < -0.3 is 29.7 Å². The third-order valence-corrected chi connectivity index (χ3v) is 8.92. The van der Waals surface area contributed by atoms with Crippen molar-refractivity contribution >= 4 is 36.6 Å². The summed E-state index contributed by atoms with van der Waals surface area (Å²) >= 11 is 0. The minimum Gasteiger partial charge on any atom is -0.462 e. The Hall–Kier alpha value is -3.98. The highest BCUT2D eigenvalue weighted by atomic mass is 31.2. The molecule has 1 unspecified atom stereocenters. The molecule has 4 N–H and O–H groups in total. The number of fused-ring (bicyclic) bond motifs is 1. The first kappa shape index (κ1) is 31.4.